The molecular formula is C10H12N2O2. The summed E-state index contributed by atoms with van der Waals surface area (Å²) in [6.07, 6.45) is 1.95. The number of aromatic nitrogens is 1. The van der Waals surface area contributed by atoms with Gasteiger partial charge in [-0.25, -0.2) is 4.98 Å². The van der Waals surface area contributed by atoms with Crippen molar-refractivity contribution in [1.82, 2.24) is 4.98 Å². The van der Waals surface area contributed by atoms with Crippen LogP contribution in [0.4, 0.5) is 0 Å². The first-order chi connectivity index (χ1) is 6.80. The van der Waals surface area contributed by atoms with Gasteiger partial charge in [0.05, 0.1) is 0 Å². The van der Waals surface area contributed by atoms with Crippen LogP contribution < -0.4 is 0 Å². The Morgan fingerprint density at radius 1 is 1.50 bits per heavy atom. The van der Waals surface area contributed by atoms with Gasteiger partial charge in [-0.05, 0) is 17.7 Å². The van der Waals surface area contributed by atoms with E-state index < -0.39 is 0 Å². The van der Waals surface area contributed by atoms with E-state index in [0.717, 1.165) is 5.56 Å². The van der Waals surface area contributed by atoms with Gasteiger partial charge in [-0.3, -0.25) is 0 Å². The summed E-state index contributed by atoms with van der Waals surface area (Å²) in [6.45, 7) is 0. The molecule has 1 aromatic rings. The lowest BCUT2D eigenvalue weighted by atomic mass is 10.1. The van der Waals surface area contributed by atoms with Crippen molar-refractivity contribution in [3.8, 4) is 6.07 Å². The Hall–Kier alpha value is -1.44. The van der Waals surface area contributed by atoms with Gasteiger partial charge in [-0.15, -0.1) is 0 Å². The van der Waals surface area contributed by atoms with Crippen molar-refractivity contribution in [2.75, 3.05) is 14.2 Å². The molecule has 0 bridgehead atoms. The molecule has 0 N–H and O–H groups in total. The van der Waals surface area contributed by atoms with Crippen LogP contribution in [-0.4, -0.2) is 25.5 Å². The molecule has 0 aliphatic rings. The van der Waals surface area contributed by atoms with Gasteiger partial charge in [0, 0.05) is 26.8 Å². The molecule has 0 aliphatic carbocycles. The number of ether oxygens (including phenoxy) is 2. The Kier molecular flexibility index (Phi) is 4.05. The third-order valence-corrected chi connectivity index (χ3v) is 1.87. The lowest BCUT2D eigenvalue weighted by molar-refractivity contribution is -0.100. The first-order valence-electron chi connectivity index (χ1n) is 4.20. The maximum Gasteiger partial charge on any atom is 0.160 e. The maximum absolute atomic E-state index is 8.64. The summed E-state index contributed by atoms with van der Waals surface area (Å²) in [7, 11) is 3.17. The summed E-state index contributed by atoms with van der Waals surface area (Å²) >= 11 is 0. The largest absolute Gasteiger partial charge is 0.356 e. The summed E-state index contributed by atoms with van der Waals surface area (Å²) in [5, 5.41) is 8.64. The molecule has 0 saturated heterocycles. The normalized spacial score (nSPS) is 10.1. The minimum absolute atomic E-state index is 0.274. The van der Waals surface area contributed by atoms with Crippen molar-refractivity contribution in [1.29, 1.82) is 5.26 Å². The average Bonchev–Trinajstić information content (AvgIpc) is 2.26. The third kappa shape index (κ3) is 2.80. The van der Waals surface area contributed by atoms with Crippen LogP contribution >= 0.6 is 0 Å². The molecule has 74 valence electrons. The van der Waals surface area contributed by atoms with Gasteiger partial charge in [0.1, 0.15) is 11.8 Å². The van der Waals surface area contributed by atoms with Crippen LogP contribution in [0, 0.1) is 11.3 Å². The van der Waals surface area contributed by atoms with Gasteiger partial charge in [-0.2, -0.15) is 5.26 Å². The van der Waals surface area contributed by atoms with Gasteiger partial charge < -0.3 is 9.47 Å². The fourth-order valence-electron chi connectivity index (χ4n) is 1.12. The zero-order valence-electron chi connectivity index (χ0n) is 8.23. The van der Waals surface area contributed by atoms with E-state index in [0.29, 0.717) is 12.1 Å². The minimum atomic E-state index is -0.274. The lowest BCUT2D eigenvalue weighted by Gasteiger charge is -2.12. The SMILES string of the molecule is COC(Cc1ccnc(C#N)c1)OC. The molecule has 4 heteroatoms. The predicted molar refractivity (Wildman–Crippen MR) is 50.5 cm³/mol. The van der Waals surface area contributed by atoms with E-state index in [-0.39, 0.29) is 6.29 Å². The molecule has 0 amide bonds. The van der Waals surface area contributed by atoms with E-state index in [4.69, 9.17) is 14.7 Å². The summed E-state index contributed by atoms with van der Waals surface area (Å²) < 4.78 is 10.1. The topological polar surface area (TPSA) is 55.1 Å². The number of rotatable bonds is 4. The molecule has 1 rings (SSSR count). The van der Waals surface area contributed by atoms with E-state index in [9.17, 15) is 0 Å². The summed E-state index contributed by atoms with van der Waals surface area (Å²) in [6, 6.07) is 5.55. The Morgan fingerprint density at radius 3 is 2.79 bits per heavy atom. The first-order valence-corrected chi connectivity index (χ1v) is 4.20. The van der Waals surface area contributed by atoms with Crippen LogP contribution in [0.25, 0.3) is 0 Å². The molecule has 0 atom stereocenters. The molecule has 14 heavy (non-hydrogen) atoms. The minimum Gasteiger partial charge on any atom is -0.356 e. The molecule has 0 aliphatic heterocycles. The van der Waals surface area contributed by atoms with Crippen LogP contribution in [0.1, 0.15) is 11.3 Å². The highest BCUT2D eigenvalue weighted by Crippen LogP contribution is 2.06. The number of hydrogen-bond acceptors (Lipinski definition) is 4. The number of hydrogen-bond donors (Lipinski definition) is 0. The lowest BCUT2D eigenvalue weighted by Crippen LogP contribution is -2.16. The van der Waals surface area contributed by atoms with Crippen molar-refractivity contribution in [3.05, 3.63) is 29.6 Å². The Bertz CT molecular complexity index is 329. The van der Waals surface area contributed by atoms with Crippen LogP contribution in [0.5, 0.6) is 0 Å². The highest BCUT2D eigenvalue weighted by molar-refractivity contribution is 5.25. The molecule has 0 radical (unpaired) electrons. The maximum atomic E-state index is 8.64. The molecule has 0 unspecified atom stereocenters. The fourth-order valence-corrected chi connectivity index (χ4v) is 1.12. The predicted octanol–water partition coefficient (Wildman–Crippen LogP) is 1.11. The van der Waals surface area contributed by atoms with E-state index in [1.54, 1.807) is 26.5 Å². The quantitative estimate of drug-likeness (QED) is 0.671. The molecular weight excluding hydrogens is 180 g/mol. The van der Waals surface area contributed by atoms with Crippen molar-refractivity contribution in [3.63, 3.8) is 0 Å². The Labute approximate surface area is 83.1 Å². The third-order valence-electron chi connectivity index (χ3n) is 1.87. The van der Waals surface area contributed by atoms with Crippen LogP contribution in [0.3, 0.4) is 0 Å². The second kappa shape index (κ2) is 5.32. The second-order valence-electron chi connectivity index (χ2n) is 2.77. The standard InChI is InChI=1S/C10H12N2O2/c1-13-10(14-2)6-8-3-4-12-9(5-8)7-11/h3-5,10H,6H2,1-2H3. The van der Waals surface area contributed by atoms with E-state index >= 15 is 0 Å². The van der Waals surface area contributed by atoms with Gasteiger partial charge >= 0.3 is 0 Å². The number of methoxy groups -OCH3 is 2. The van der Waals surface area contributed by atoms with E-state index in [1.165, 1.54) is 0 Å². The molecule has 0 aromatic carbocycles. The number of nitriles is 1. The molecule has 0 saturated carbocycles. The molecule has 0 spiro atoms. The monoisotopic (exact) mass is 192 g/mol. The van der Waals surface area contributed by atoms with Gasteiger partial charge in [0.15, 0.2) is 6.29 Å². The second-order valence-corrected chi connectivity index (χ2v) is 2.77. The Balaban J connectivity index is 2.72. The molecule has 1 heterocycles. The molecule has 1 aromatic heterocycles. The summed E-state index contributed by atoms with van der Waals surface area (Å²) in [5.41, 5.74) is 1.39. The van der Waals surface area contributed by atoms with Crippen molar-refractivity contribution >= 4 is 0 Å². The number of nitrogens with zero attached hydrogens (tertiary/aromatic N) is 2. The first kappa shape index (κ1) is 10.6. The van der Waals surface area contributed by atoms with Crippen molar-refractivity contribution in [2.24, 2.45) is 0 Å². The van der Waals surface area contributed by atoms with Crippen LogP contribution in [-0.2, 0) is 15.9 Å². The van der Waals surface area contributed by atoms with Crippen LogP contribution in [0.2, 0.25) is 0 Å². The van der Waals surface area contributed by atoms with Gasteiger partial charge in [0.2, 0.25) is 0 Å². The highest BCUT2D eigenvalue weighted by atomic mass is 16.7. The zero-order valence-corrected chi connectivity index (χ0v) is 8.23. The van der Waals surface area contributed by atoms with Crippen molar-refractivity contribution in [2.45, 2.75) is 12.7 Å². The highest BCUT2D eigenvalue weighted by Gasteiger charge is 2.06. The zero-order chi connectivity index (χ0) is 10.4. The molecule has 4 nitrogen and oxygen atoms in total. The van der Waals surface area contributed by atoms with Crippen LogP contribution in [0.15, 0.2) is 18.3 Å². The average molecular weight is 192 g/mol. The number of pyridine rings is 1. The van der Waals surface area contributed by atoms with E-state index in [2.05, 4.69) is 4.98 Å². The molecule has 0 fully saturated rings. The summed E-state index contributed by atoms with van der Waals surface area (Å²) in [4.78, 5) is 3.87. The Morgan fingerprint density at radius 2 is 2.21 bits per heavy atom. The van der Waals surface area contributed by atoms with E-state index in [1.807, 2.05) is 12.1 Å². The van der Waals surface area contributed by atoms with Gasteiger partial charge in [-0.1, -0.05) is 0 Å². The smallest absolute Gasteiger partial charge is 0.160 e. The fraction of sp³-hybridized carbons (Fsp3) is 0.400. The van der Waals surface area contributed by atoms with Crippen molar-refractivity contribution < 1.29 is 9.47 Å². The summed E-state index contributed by atoms with van der Waals surface area (Å²) in [5.74, 6) is 0. The van der Waals surface area contributed by atoms with Gasteiger partial charge in [0.25, 0.3) is 0 Å².